The summed E-state index contributed by atoms with van der Waals surface area (Å²) in [6.45, 7) is 8.31. The van der Waals surface area contributed by atoms with Gasteiger partial charge >= 0.3 is 0 Å². The molecule has 5 atom stereocenters. The normalized spacial score (nSPS) is 16.2. The first-order valence-corrected chi connectivity index (χ1v) is 11.9. The third kappa shape index (κ3) is 7.24. The Labute approximate surface area is 198 Å². The second-order valence-electron chi connectivity index (χ2n) is 9.31. The smallest absolute Gasteiger partial charge is 0.0984 e. The highest BCUT2D eigenvalue weighted by Crippen LogP contribution is 2.29. The molecular formula is C29H38N2O2. The number of hydrogen-bond acceptors (Lipinski definition) is 4. The number of benzene rings is 3. The Morgan fingerprint density at radius 1 is 0.606 bits per heavy atom. The van der Waals surface area contributed by atoms with Gasteiger partial charge in [-0.25, -0.2) is 0 Å². The molecule has 0 aliphatic heterocycles. The molecule has 0 saturated heterocycles. The van der Waals surface area contributed by atoms with Gasteiger partial charge in [-0.1, -0.05) is 98.8 Å². The summed E-state index contributed by atoms with van der Waals surface area (Å²) in [7, 11) is 0. The van der Waals surface area contributed by atoms with Crippen LogP contribution in [0.4, 0.5) is 0 Å². The zero-order valence-electron chi connectivity index (χ0n) is 20.1. The average Bonchev–Trinajstić information content (AvgIpc) is 2.83. The van der Waals surface area contributed by atoms with Crippen LogP contribution in [0.3, 0.4) is 0 Å². The molecule has 0 aromatic heterocycles. The van der Waals surface area contributed by atoms with E-state index in [1.807, 2.05) is 67.6 Å². The molecule has 4 heteroatoms. The molecular weight excluding hydrogens is 408 g/mol. The molecule has 0 amide bonds. The highest BCUT2D eigenvalue weighted by Gasteiger charge is 2.24. The van der Waals surface area contributed by atoms with Crippen LogP contribution in [-0.2, 0) is 6.42 Å². The Morgan fingerprint density at radius 2 is 1.12 bits per heavy atom. The minimum atomic E-state index is -0.650. The van der Waals surface area contributed by atoms with Crippen molar-refractivity contribution in [1.82, 2.24) is 10.6 Å². The maximum absolute atomic E-state index is 11.2. The average molecular weight is 447 g/mol. The van der Waals surface area contributed by atoms with E-state index >= 15 is 0 Å². The van der Waals surface area contributed by atoms with Gasteiger partial charge in [-0.15, -0.1) is 0 Å². The molecule has 0 fully saturated rings. The van der Waals surface area contributed by atoms with Crippen molar-refractivity contribution in [2.24, 2.45) is 0 Å². The van der Waals surface area contributed by atoms with E-state index in [0.29, 0.717) is 6.04 Å². The number of nitrogens with one attached hydrogen (secondary N) is 2. The van der Waals surface area contributed by atoms with Crippen LogP contribution in [0.1, 0.15) is 68.2 Å². The molecule has 0 aliphatic rings. The molecule has 0 saturated carbocycles. The Bertz CT molecular complexity index is 944. The minimum absolute atomic E-state index is 0.0115. The van der Waals surface area contributed by atoms with Crippen LogP contribution in [0.25, 0.3) is 0 Å². The van der Waals surface area contributed by atoms with Gasteiger partial charge in [-0.2, -0.15) is 0 Å². The Hall–Kier alpha value is -2.50. The number of aliphatic hydroxyl groups is 2. The monoisotopic (exact) mass is 446 g/mol. The summed E-state index contributed by atoms with van der Waals surface area (Å²) in [6, 6.07) is 28.4. The van der Waals surface area contributed by atoms with Crippen LogP contribution in [-0.4, -0.2) is 28.3 Å². The van der Waals surface area contributed by atoms with Crippen LogP contribution in [0.2, 0.25) is 0 Å². The first kappa shape index (κ1) is 25.1. The molecule has 0 aliphatic carbocycles. The van der Waals surface area contributed by atoms with Crippen molar-refractivity contribution < 1.29 is 10.2 Å². The zero-order valence-corrected chi connectivity index (χ0v) is 20.1. The van der Waals surface area contributed by atoms with E-state index in [9.17, 15) is 10.2 Å². The summed E-state index contributed by atoms with van der Waals surface area (Å²) < 4.78 is 0. The predicted molar refractivity (Wildman–Crippen MR) is 136 cm³/mol. The molecule has 0 radical (unpaired) electrons. The van der Waals surface area contributed by atoms with Gasteiger partial charge in [0.1, 0.15) is 0 Å². The van der Waals surface area contributed by atoms with Crippen molar-refractivity contribution in [2.45, 2.75) is 70.5 Å². The zero-order chi connectivity index (χ0) is 23.8. The topological polar surface area (TPSA) is 64.5 Å². The number of rotatable bonds is 11. The summed E-state index contributed by atoms with van der Waals surface area (Å²) in [6.07, 6.45) is -0.370. The fourth-order valence-corrected chi connectivity index (χ4v) is 4.35. The van der Waals surface area contributed by atoms with Gasteiger partial charge in [0.05, 0.1) is 18.2 Å². The van der Waals surface area contributed by atoms with Gasteiger partial charge in [0.15, 0.2) is 0 Å². The summed E-state index contributed by atoms with van der Waals surface area (Å²) in [5.41, 5.74) is 4.07. The van der Waals surface area contributed by atoms with E-state index in [1.54, 1.807) is 0 Å². The van der Waals surface area contributed by atoms with Crippen LogP contribution < -0.4 is 10.6 Å². The lowest BCUT2D eigenvalue weighted by Crippen LogP contribution is -2.37. The van der Waals surface area contributed by atoms with E-state index in [0.717, 1.165) is 23.1 Å². The van der Waals surface area contributed by atoms with Crippen molar-refractivity contribution in [3.63, 3.8) is 0 Å². The standard InChI is InChI=1S/C29H38N2O2/c1-20(2)30-22(4)28(32)26-17-15-23(16-18-26)19-21(3)31-27(24-11-7-5-8-12-24)29(33)25-13-9-6-10-14-25/h5-18,20-22,27-33H,19H2,1-4H3. The molecule has 3 rings (SSSR count). The predicted octanol–water partition coefficient (Wildman–Crippen LogP) is 5.10. The van der Waals surface area contributed by atoms with Crippen LogP contribution in [0.15, 0.2) is 84.9 Å². The van der Waals surface area contributed by atoms with Gasteiger partial charge in [-0.3, -0.25) is 0 Å². The Morgan fingerprint density at radius 3 is 1.67 bits per heavy atom. The van der Waals surface area contributed by atoms with E-state index in [2.05, 4.69) is 55.7 Å². The lowest BCUT2D eigenvalue weighted by atomic mass is 9.94. The summed E-state index contributed by atoms with van der Waals surface area (Å²) in [4.78, 5) is 0. The molecule has 3 aromatic carbocycles. The van der Waals surface area contributed by atoms with Crippen LogP contribution in [0.5, 0.6) is 0 Å². The van der Waals surface area contributed by atoms with Gasteiger partial charge < -0.3 is 20.8 Å². The summed E-state index contributed by atoms with van der Waals surface area (Å²) in [5, 5.41) is 28.8. The van der Waals surface area contributed by atoms with Gasteiger partial charge in [-0.05, 0) is 42.5 Å². The highest BCUT2D eigenvalue weighted by atomic mass is 16.3. The second-order valence-corrected chi connectivity index (χ2v) is 9.31. The van der Waals surface area contributed by atoms with E-state index in [-0.39, 0.29) is 18.1 Å². The van der Waals surface area contributed by atoms with E-state index in [1.165, 1.54) is 5.56 Å². The lowest BCUT2D eigenvalue weighted by Gasteiger charge is -2.28. The Kier molecular flexibility index (Phi) is 9.21. The molecule has 4 nitrogen and oxygen atoms in total. The van der Waals surface area contributed by atoms with Gasteiger partial charge in [0, 0.05) is 18.1 Å². The molecule has 33 heavy (non-hydrogen) atoms. The first-order valence-electron chi connectivity index (χ1n) is 11.9. The number of aliphatic hydroxyl groups excluding tert-OH is 2. The van der Waals surface area contributed by atoms with Crippen molar-refractivity contribution in [3.8, 4) is 0 Å². The van der Waals surface area contributed by atoms with E-state index in [4.69, 9.17) is 0 Å². The molecule has 3 aromatic rings. The molecule has 4 N–H and O–H groups in total. The third-order valence-electron chi connectivity index (χ3n) is 6.01. The molecule has 0 spiro atoms. The van der Waals surface area contributed by atoms with Crippen molar-refractivity contribution in [1.29, 1.82) is 0 Å². The summed E-state index contributed by atoms with van der Waals surface area (Å²) in [5.74, 6) is 0. The molecule has 176 valence electrons. The van der Waals surface area contributed by atoms with Crippen molar-refractivity contribution in [3.05, 3.63) is 107 Å². The second kappa shape index (κ2) is 12.1. The third-order valence-corrected chi connectivity index (χ3v) is 6.01. The fourth-order valence-electron chi connectivity index (χ4n) is 4.35. The van der Waals surface area contributed by atoms with Crippen LogP contribution >= 0.6 is 0 Å². The van der Waals surface area contributed by atoms with Crippen molar-refractivity contribution >= 4 is 0 Å². The maximum atomic E-state index is 11.2. The van der Waals surface area contributed by atoms with Crippen LogP contribution in [0, 0.1) is 0 Å². The molecule has 5 unspecified atom stereocenters. The lowest BCUT2D eigenvalue weighted by molar-refractivity contribution is 0.122. The quantitative estimate of drug-likeness (QED) is 0.331. The largest absolute Gasteiger partial charge is 0.387 e. The van der Waals surface area contributed by atoms with Crippen molar-refractivity contribution in [2.75, 3.05) is 0 Å². The number of hydrogen-bond donors (Lipinski definition) is 4. The minimum Gasteiger partial charge on any atom is -0.387 e. The maximum Gasteiger partial charge on any atom is 0.0984 e. The van der Waals surface area contributed by atoms with E-state index < -0.39 is 12.2 Å². The molecule has 0 bridgehead atoms. The van der Waals surface area contributed by atoms with Gasteiger partial charge in [0.25, 0.3) is 0 Å². The fraction of sp³-hybridized carbons (Fsp3) is 0.379. The highest BCUT2D eigenvalue weighted by molar-refractivity contribution is 5.28. The summed E-state index contributed by atoms with van der Waals surface area (Å²) >= 11 is 0. The molecule has 0 heterocycles. The van der Waals surface area contributed by atoms with Gasteiger partial charge in [0.2, 0.25) is 0 Å². The Balaban J connectivity index is 1.68. The first-order chi connectivity index (χ1) is 15.8. The SMILES string of the molecule is CC(C)NC(C)C(O)c1ccc(CC(C)NC(c2ccccc2)C(O)c2ccccc2)cc1.